The van der Waals surface area contributed by atoms with Crippen molar-refractivity contribution in [3.8, 4) is 0 Å². The second kappa shape index (κ2) is 9.34. The molecule has 0 rings (SSSR count). The predicted octanol–water partition coefficient (Wildman–Crippen LogP) is 5.79. The molecule has 0 heterocycles. The fourth-order valence-electron chi connectivity index (χ4n) is 2.71. The Morgan fingerprint density at radius 1 is 1.26 bits per heavy atom. The van der Waals surface area contributed by atoms with Crippen molar-refractivity contribution in [3.63, 3.8) is 0 Å². The number of allylic oxidation sites excluding steroid dienone is 1. The summed E-state index contributed by atoms with van der Waals surface area (Å²) in [7, 11) is 0. The predicted molar refractivity (Wildman–Crippen MR) is 85.3 cm³/mol. The molecular weight excluding hydrogens is 232 g/mol. The maximum atomic E-state index is 12.3. The summed E-state index contributed by atoms with van der Waals surface area (Å²) in [4.78, 5) is 12.3. The van der Waals surface area contributed by atoms with Gasteiger partial charge in [-0.25, -0.2) is 0 Å². The fourth-order valence-corrected chi connectivity index (χ4v) is 2.71. The number of ketones is 1. The van der Waals surface area contributed by atoms with Crippen LogP contribution in [0.1, 0.15) is 79.6 Å². The van der Waals surface area contributed by atoms with Gasteiger partial charge in [0.15, 0.2) is 0 Å². The van der Waals surface area contributed by atoms with E-state index in [4.69, 9.17) is 0 Å². The van der Waals surface area contributed by atoms with Gasteiger partial charge in [0.1, 0.15) is 5.78 Å². The van der Waals surface area contributed by atoms with Gasteiger partial charge in [-0.1, -0.05) is 53.5 Å². The van der Waals surface area contributed by atoms with E-state index in [2.05, 4.69) is 47.3 Å². The normalized spacial score (nSPS) is 17.5. The van der Waals surface area contributed by atoms with Crippen LogP contribution in [0.2, 0.25) is 0 Å². The average molecular weight is 266 g/mol. The molecule has 19 heavy (non-hydrogen) atoms. The van der Waals surface area contributed by atoms with E-state index in [9.17, 15) is 4.79 Å². The average Bonchev–Trinajstić information content (AvgIpc) is 2.43. The molecule has 0 fully saturated rings. The third-order valence-electron chi connectivity index (χ3n) is 4.68. The van der Waals surface area contributed by atoms with Gasteiger partial charge < -0.3 is 0 Å². The molecule has 3 atom stereocenters. The summed E-state index contributed by atoms with van der Waals surface area (Å²) in [6, 6.07) is 0. The van der Waals surface area contributed by atoms with Crippen molar-refractivity contribution < 1.29 is 4.79 Å². The number of rotatable bonds is 11. The van der Waals surface area contributed by atoms with Gasteiger partial charge in [-0.2, -0.15) is 0 Å². The molecule has 1 heteroatoms. The maximum absolute atomic E-state index is 12.3. The van der Waals surface area contributed by atoms with Crippen molar-refractivity contribution in [2.75, 3.05) is 0 Å². The second-order valence-electron chi connectivity index (χ2n) is 6.32. The van der Waals surface area contributed by atoms with E-state index in [1.807, 2.05) is 0 Å². The zero-order chi connectivity index (χ0) is 14.9. The first-order chi connectivity index (χ1) is 8.94. The van der Waals surface area contributed by atoms with Gasteiger partial charge in [-0.3, -0.25) is 4.79 Å². The molecule has 0 bridgehead atoms. The summed E-state index contributed by atoms with van der Waals surface area (Å²) in [5.41, 5.74) is 0.180. The Balaban J connectivity index is 4.70. The Morgan fingerprint density at radius 2 is 1.89 bits per heavy atom. The van der Waals surface area contributed by atoms with Crippen molar-refractivity contribution >= 4 is 5.78 Å². The second-order valence-corrected chi connectivity index (χ2v) is 6.32. The summed E-state index contributed by atoms with van der Waals surface area (Å²) < 4.78 is 0. The molecule has 0 spiro atoms. The molecule has 0 aromatic heterocycles. The molecule has 0 saturated carbocycles. The maximum Gasteiger partial charge on any atom is 0.135 e. The van der Waals surface area contributed by atoms with Crippen LogP contribution in [0.15, 0.2) is 12.7 Å². The van der Waals surface area contributed by atoms with Gasteiger partial charge in [0.05, 0.1) is 0 Å². The highest BCUT2D eigenvalue weighted by Crippen LogP contribution is 2.36. The van der Waals surface area contributed by atoms with Crippen LogP contribution in [0.5, 0.6) is 0 Å². The van der Waals surface area contributed by atoms with Gasteiger partial charge in [0.2, 0.25) is 0 Å². The van der Waals surface area contributed by atoms with Crippen LogP contribution in [-0.4, -0.2) is 5.78 Å². The number of carbonyl (C=O) groups is 1. The van der Waals surface area contributed by atoms with E-state index in [0.29, 0.717) is 11.7 Å². The van der Waals surface area contributed by atoms with Crippen LogP contribution in [-0.2, 0) is 4.79 Å². The van der Waals surface area contributed by atoms with Crippen LogP contribution < -0.4 is 0 Å². The first-order valence-corrected chi connectivity index (χ1v) is 8.10. The van der Waals surface area contributed by atoms with Gasteiger partial charge in [-0.15, -0.1) is 6.58 Å². The number of Topliss-reactive ketones (excluding diaryl/α,β-unsaturated/α-hetero) is 1. The Morgan fingerprint density at radius 3 is 2.32 bits per heavy atom. The van der Waals surface area contributed by atoms with E-state index >= 15 is 0 Å². The molecule has 0 saturated heterocycles. The minimum absolute atomic E-state index is 0.180. The minimum Gasteiger partial charge on any atom is -0.299 e. The topological polar surface area (TPSA) is 17.1 Å². The molecule has 3 unspecified atom stereocenters. The van der Waals surface area contributed by atoms with Gasteiger partial charge in [-0.05, 0) is 37.0 Å². The van der Waals surface area contributed by atoms with Crippen molar-refractivity contribution in [2.24, 2.45) is 17.3 Å². The van der Waals surface area contributed by atoms with E-state index < -0.39 is 0 Å². The molecule has 1 nitrogen and oxygen atoms in total. The van der Waals surface area contributed by atoms with Crippen LogP contribution in [0, 0.1) is 17.3 Å². The zero-order valence-electron chi connectivity index (χ0n) is 13.8. The molecule has 0 amide bonds. The van der Waals surface area contributed by atoms with E-state index in [-0.39, 0.29) is 11.3 Å². The lowest BCUT2D eigenvalue weighted by Gasteiger charge is -2.32. The monoisotopic (exact) mass is 266 g/mol. The Hall–Kier alpha value is -0.590. The fraction of sp³-hybridized carbons (Fsp3) is 0.833. The van der Waals surface area contributed by atoms with Gasteiger partial charge in [0.25, 0.3) is 0 Å². The Kier molecular flexibility index (Phi) is 9.05. The van der Waals surface area contributed by atoms with Crippen molar-refractivity contribution in [3.05, 3.63) is 12.7 Å². The van der Waals surface area contributed by atoms with E-state index in [0.717, 1.165) is 44.9 Å². The van der Waals surface area contributed by atoms with Crippen LogP contribution in [0.4, 0.5) is 0 Å². The molecular formula is C18H34O. The molecule has 112 valence electrons. The quantitative estimate of drug-likeness (QED) is 0.432. The van der Waals surface area contributed by atoms with E-state index in [1.54, 1.807) is 0 Å². The van der Waals surface area contributed by atoms with Crippen molar-refractivity contribution in [1.29, 1.82) is 0 Å². The summed E-state index contributed by atoms with van der Waals surface area (Å²) in [5, 5.41) is 0. The smallest absolute Gasteiger partial charge is 0.135 e. The molecule has 0 aliphatic rings. The molecule has 0 aromatic rings. The summed E-state index contributed by atoms with van der Waals surface area (Å²) in [5.74, 6) is 1.18. The van der Waals surface area contributed by atoms with Crippen LogP contribution in [0.25, 0.3) is 0 Å². The number of carbonyl (C=O) groups excluding carboxylic acids is 1. The lowest BCUT2D eigenvalue weighted by atomic mass is 9.72. The van der Waals surface area contributed by atoms with Crippen LogP contribution in [0.3, 0.4) is 0 Å². The SMILES string of the molecule is C=CC(C)(CC)CC(CCC)C(C)C(=O)CCCC. The van der Waals surface area contributed by atoms with E-state index in [1.165, 1.54) is 0 Å². The molecule has 0 aliphatic heterocycles. The third-order valence-corrected chi connectivity index (χ3v) is 4.68. The van der Waals surface area contributed by atoms with Gasteiger partial charge >= 0.3 is 0 Å². The van der Waals surface area contributed by atoms with Crippen molar-refractivity contribution in [1.82, 2.24) is 0 Å². The number of unbranched alkanes of at least 4 members (excludes halogenated alkanes) is 1. The molecule has 0 aliphatic carbocycles. The molecule has 0 radical (unpaired) electrons. The number of hydrogen-bond donors (Lipinski definition) is 0. The van der Waals surface area contributed by atoms with Crippen LogP contribution >= 0.6 is 0 Å². The minimum atomic E-state index is 0.180. The highest BCUT2D eigenvalue weighted by Gasteiger charge is 2.29. The summed E-state index contributed by atoms with van der Waals surface area (Å²) in [6.07, 6.45) is 9.50. The lowest BCUT2D eigenvalue weighted by molar-refractivity contribution is -0.124. The largest absolute Gasteiger partial charge is 0.299 e. The zero-order valence-corrected chi connectivity index (χ0v) is 13.8. The standard InChI is InChI=1S/C18H34O/c1-7-11-13-17(19)15(5)16(12-8-2)14-18(6,9-3)10-4/h9,15-16H,3,7-8,10-14H2,1-2,4-6H3. The molecule has 0 N–H and O–H groups in total. The summed E-state index contributed by atoms with van der Waals surface area (Å²) >= 11 is 0. The van der Waals surface area contributed by atoms with Crippen molar-refractivity contribution in [2.45, 2.75) is 79.6 Å². The lowest BCUT2D eigenvalue weighted by Crippen LogP contribution is -2.26. The Labute approximate surface area is 120 Å². The number of hydrogen-bond acceptors (Lipinski definition) is 1. The highest BCUT2D eigenvalue weighted by molar-refractivity contribution is 5.80. The van der Waals surface area contributed by atoms with Gasteiger partial charge in [0, 0.05) is 12.3 Å². The first kappa shape index (κ1) is 18.4. The third kappa shape index (κ3) is 6.40. The first-order valence-electron chi connectivity index (χ1n) is 8.10. The molecule has 0 aromatic carbocycles. The summed E-state index contributed by atoms with van der Waals surface area (Å²) in [6.45, 7) is 15.0. The highest BCUT2D eigenvalue weighted by atomic mass is 16.1. The Bertz CT molecular complexity index is 269.